The number of methoxy groups -OCH3 is 1. The highest BCUT2D eigenvalue weighted by Crippen LogP contribution is 2.58. The Bertz CT molecular complexity index is 2280. The summed E-state index contributed by atoms with van der Waals surface area (Å²) in [6.07, 6.45) is 6.19. The Hall–Kier alpha value is -5.51. The maximum atomic E-state index is 14.4. The highest BCUT2D eigenvalue weighted by Gasteiger charge is 2.59. The van der Waals surface area contributed by atoms with Gasteiger partial charge in [0.1, 0.15) is 29.1 Å². The molecule has 6 heterocycles. The average Bonchev–Trinajstić information content (AvgIpc) is 3.91. The van der Waals surface area contributed by atoms with Crippen LogP contribution in [0.3, 0.4) is 0 Å². The molecule has 1 unspecified atom stereocenters. The Morgan fingerprint density at radius 2 is 1.87 bits per heavy atom. The monoisotopic (exact) mass is 709 g/mol. The van der Waals surface area contributed by atoms with Gasteiger partial charge in [0.25, 0.3) is 5.91 Å². The number of fused-ring (bicyclic) bond motifs is 3. The van der Waals surface area contributed by atoms with Crippen molar-refractivity contribution in [1.29, 1.82) is 0 Å². The zero-order chi connectivity index (χ0) is 35.7. The molecule has 16 heteroatoms. The standard InChI is InChI=1S/C36H39N9O7/c1-3-25-31(42-8-10-43(11-9-42)35(49)29-26(46)5-4-24-33(29)52-19-38-24)32(48)30-34(41-45(40-30)22-6-7-37-28(12-22)50-2)44(25)16-27(47)39-36-13-20(14-36)23(15-36)21-17-51-18-21/h4-7,12,19-21,23,46H,3,8-11,13-18H2,1-2H3,(H,39,47). The average molecular weight is 710 g/mol. The van der Waals surface area contributed by atoms with Gasteiger partial charge in [-0.05, 0) is 55.7 Å². The van der Waals surface area contributed by atoms with Gasteiger partial charge in [0, 0.05) is 55.6 Å². The number of aromatic nitrogens is 6. The van der Waals surface area contributed by atoms with Crippen LogP contribution in [0.5, 0.6) is 11.6 Å². The van der Waals surface area contributed by atoms with Crippen LogP contribution < -0.4 is 20.4 Å². The van der Waals surface area contributed by atoms with E-state index in [0.29, 0.717) is 71.4 Å². The van der Waals surface area contributed by atoms with E-state index in [1.165, 1.54) is 24.4 Å². The van der Waals surface area contributed by atoms with Crippen molar-refractivity contribution in [2.24, 2.45) is 17.8 Å². The van der Waals surface area contributed by atoms with Crippen molar-refractivity contribution in [2.75, 3.05) is 51.4 Å². The molecule has 1 atom stereocenters. The Morgan fingerprint density at radius 3 is 2.60 bits per heavy atom. The van der Waals surface area contributed by atoms with Crippen LogP contribution in [0.2, 0.25) is 0 Å². The van der Waals surface area contributed by atoms with E-state index in [1.807, 2.05) is 16.4 Å². The number of piperazine rings is 1. The molecule has 0 spiro atoms. The topological polar surface area (TPSA) is 183 Å². The molecule has 2 N–H and O–H groups in total. The molecule has 52 heavy (non-hydrogen) atoms. The number of nitrogens with one attached hydrogen (secondary N) is 1. The van der Waals surface area contributed by atoms with Crippen LogP contribution in [0, 0.1) is 17.8 Å². The lowest BCUT2D eigenvalue weighted by molar-refractivity contribution is -0.124. The van der Waals surface area contributed by atoms with Crippen molar-refractivity contribution < 1.29 is 28.6 Å². The third-order valence-corrected chi connectivity index (χ3v) is 11.5. The second-order valence-corrected chi connectivity index (χ2v) is 14.4. The minimum atomic E-state index is -0.382. The van der Waals surface area contributed by atoms with E-state index in [-0.39, 0.29) is 64.8 Å². The summed E-state index contributed by atoms with van der Waals surface area (Å²) < 4.78 is 18.0. The lowest BCUT2D eigenvalue weighted by atomic mass is 9.74. The van der Waals surface area contributed by atoms with E-state index in [0.717, 1.165) is 32.5 Å². The van der Waals surface area contributed by atoms with Gasteiger partial charge in [-0.2, -0.15) is 0 Å². The first-order chi connectivity index (χ1) is 25.3. The first kappa shape index (κ1) is 32.4. The molecular formula is C36H39N9O7. The summed E-state index contributed by atoms with van der Waals surface area (Å²) in [7, 11) is 1.52. The first-order valence-electron chi connectivity index (χ1n) is 17.8. The Morgan fingerprint density at radius 1 is 1.06 bits per heavy atom. The summed E-state index contributed by atoms with van der Waals surface area (Å²) in [5.41, 5.74) is 2.33. The van der Waals surface area contributed by atoms with Crippen LogP contribution in [-0.4, -0.2) is 103 Å². The number of oxazole rings is 1. The van der Waals surface area contributed by atoms with E-state index in [2.05, 4.69) is 20.4 Å². The molecule has 1 aromatic carbocycles. The van der Waals surface area contributed by atoms with Gasteiger partial charge < -0.3 is 38.7 Å². The zero-order valence-electron chi connectivity index (χ0n) is 28.9. The van der Waals surface area contributed by atoms with Gasteiger partial charge in [0.05, 0.1) is 26.0 Å². The number of carbonyl (C=O) groups is 2. The number of hydrogen-bond donors (Lipinski definition) is 2. The summed E-state index contributed by atoms with van der Waals surface area (Å²) in [6, 6.07) is 6.41. The Kier molecular flexibility index (Phi) is 7.68. The van der Waals surface area contributed by atoms with Gasteiger partial charge in [-0.1, -0.05) is 6.92 Å². The quantitative estimate of drug-likeness (QED) is 0.228. The molecule has 3 saturated carbocycles. The smallest absolute Gasteiger partial charge is 0.261 e. The third kappa shape index (κ3) is 5.18. The second kappa shape index (κ2) is 12.3. The maximum Gasteiger partial charge on any atom is 0.261 e. The van der Waals surface area contributed by atoms with Gasteiger partial charge in [-0.15, -0.1) is 15.0 Å². The van der Waals surface area contributed by atoms with Crippen molar-refractivity contribution in [3.05, 3.63) is 58.3 Å². The molecule has 2 aliphatic heterocycles. The number of ether oxygens (including phenoxy) is 2. The highest BCUT2D eigenvalue weighted by atomic mass is 16.5. The van der Waals surface area contributed by atoms with Crippen LogP contribution in [0.15, 0.2) is 46.1 Å². The molecule has 10 rings (SSSR count). The fraction of sp³-hybridized carbons (Fsp3) is 0.472. The van der Waals surface area contributed by atoms with E-state index in [9.17, 15) is 19.5 Å². The van der Waals surface area contributed by atoms with Crippen molar-refractivity contribution in [3.8, 4) is 17.3 Å². The molecule has 5 fully saturated rings. The highest BCUT2D eigenvalue weighted by molar-refractivity contribution is 6.06. The van der Waals surface area contributed by atoms with Crippen LogP contribution in [0.1, 0.15) is 42.2 Å². The van der Waals surface area contributed by atoms with Gasteiger partial charge in [0.15, 0.2) is 23.1 Å². The number of amides is 2. The minimum absolute atomic E-state index is 0.0339. The number of benzene rings is 1. The van der Waals surface area contributed by atoms with E-state index < -0.39 is 0 Å². The summed E-state index contributed by atoms with van der Waals surface area (Å²) in [5, 5.41) is 23.4. The van der Waals surface area contributed by atoms with E-state index >= 15 is 0 Å². The van der Waals surface area contributed by atoms with Gasteiger partial charge >= 0.3 is 0 Å². The summed E-state index contributed by atoms with van der Waals surface area (Å²) >= 11 is 0. The van der Waals surface area contributed by atoms with Crippen LogP contribution >= 0.6 is 0 Å². The normalized spacial score (nSPS) is 22.8. The number of pyridine rings is 2. The Labute approximate surface area is 297 Å². The molecule has 4 aromatic heterocycles. The number of anilines is 1. The third-order valence-electron chi connectivity index (χ3n) is 11.5. The largest absolute Gasteiger partial charge is 0.507 e. The summed E-state index contributed by atoms with van der Waals surface area (Å²) in [5.74, 6) is 1.46. The molecule has 5 aromatic rings. The lowest BCUT2D eigenvalue weighted by Crippen LogP contribution is -2.53. The number of phenols is 1. The van der Waals surface area contributed by atoms with Gasteiger partial charge in [-0.3, -0.25) is 14.4 Å². The summed E-state index contributed by atoms with van der Waals surface area (Å²) in [6.45, 7) is 4.78. The lowest BCUT2D eigenvalue weighted by Gasteiger charge is -2.40. The molecule has 3 aliphatic carbocycles. The molecular weight excluding hydrogens is 670 g/mol. The first-order valence-corrected chi connectivity index (χ1v) is 17.8. The number of aromatic hydroxyl groups is 1. The van der Waals surface area contributed by atoms with Crippen molar-refractivity contribution >= 4 is 39.8 Å². The number of rotatable bonds is 9. The predicted octanol–water partition coefficient (Wildman–Crippen LogP) is 2.29. The second-order valence-electron chi connectivity index (χ2n) is 14.4. The van der Waals surface area contributed by atoms with Crippen LogP contribution in [0.25, 0.3) is 28.0 Å². The maximum absolute atomic E-state index is 14.4. The number of hydrogen-bond acceptors (Lipinski definition) is 12. The SMILES string of the molecule is CCc1c(N2CCN(C(=O)c3c(O)ccc4ncoc34)CC2)c(=O)c2nn(-c3ccnc(OC)c3)nc2n1CC(=O)NC12CC(C1)C(C1COC1)C2. The molecule has 2 bridgehead atoms. The predicted molar refractivity (Wildman–Crippen MR) is 187 cm³/mol. The fourth-order valence-electron chi connectivity index (χ4n) is 8.86. The van der Waals surface area contributed by atoms with Crippen LogP contribution in [0.4, 0.5) is 5.69 Å². The molecule has 0 radical (unpaired) electrons. The summed E-state index contributed by atoms with van der Waals surface area (Å²) in [4.78, 5) is 55.3. The zero-order valence-corrected chi connectivity index (χ0v) is 28.9. The molecule has 2 saturated heterocycles. The van der Waals surface area contributed by atoms with Crippen molar-refractivity contribution in [3.63, 3.8) is 0 Å². The number of nitrogens with zero attached hydrogens (tertiary/aromatic N) is 8. The molecule has 2 amide bonds. The molecule has 270 valence electrons. The molecule has 5 aliphatic rings. The van der Waals surface area contributed by atoms with Gasteiger partial charge in [-0.25, -0.2) is 9.97 Å². The number of phenolic OH excluding ortho intramolecular Hbond substituents is 1. The van der Waals surface area contributed by atoms with E-state index in [4.69, 9.17) is 19.0 Å². The van der Waals surface area contributed by atoms with Crippen molar-refractivity contribution in [1.82, 2.24) is 39.7 Å². The van der Waals surface area contributed by atoms with Crippen LogP contribution in [-0.2, 0) is 22.5 Å². The Balaban J connectivity index is 1.04. The van der Waals surface area contributed by atoms with Gasteiger partial charge in [0.2, 0.25) is 17.2 Å². The van der Waals surface area contributed by atoms with E-state index in [1.54, 1.807) is 29.3 Å². The van der Waals surface area contributed by atoms with Crippen molar-refractivity contribution in [2.45, 2.75) is 44.7 Å². The number of carbonyl (C=O) groups excluding carboxylic acids is 2. The minimum Gasteiger partial charge on any atom is -0.507 e. The molecule has 16 nitrogen and oxygen atoms in total. The fourth-order valence-corrected chi connectivity index (χ4v) is 8.86.